The monoisotopic (exact) mass is 531 g/mol. The highest BCUT2D eigenvalue weighted by atomic mass is 35.5. The van der Waals surface area contributed by atoms with E-state index in [1.807, 2.05) is 59.5 Å². The zero-order valence-electron chi connectivity index (χ0n) is 20.7. The van der Waals surface area contributed by atoms with Crippen LogP contribution in [0, 0.1) is 0 Å². The maximum Gasteiger partial charge on any atom is 0.224 e. The number of carbonyl (C=O) groups excluding carboxylic acids is 1. The minimum Gasteiger partial charge on any atom is -0.368 e. The summed E-state index contributed by atoms with van der Waals surface area (Å²) in [6.07, 6.45) is 1.14. The summed E-state index contributed by atoms with van der Waals surface area (Å²) in [7, 11) is 0. The van der Waals surface area contributed by atoms with Crippen LogP contribution in [0.5, 0.6) is 0 Å². The number of amides is 1. The topological polar surface area (TPSA) is 52.6 Å². The van der Waals surface area contributed by atoms with Crippen molar-refractivity contribution in [3.8, 4) is 0 Å². The molecule has 0 atom stereocenters. The molecule has 5 rings (SSSR count). The van der Waals surface area contributed by atoms with Gasteiger partial charge in [0.15, 0.2) is 0 Å². The zero-order valence-corrected chi connectivity index (χ0v) is 22.2. The maximum absolute atomic E-state index is 13.2. The maximum atomic E-state index is 13.2. The van der Waals surface area contributed by atoms with E-state index < -0.39 is 0 Å². The summed E-state index contributed by atoms with van der Waals surface area (Å²) in [5.41, 5.74) is 3.48. The van der Waals surface area contributed by atoms with Gasteiger partial charge >= 0.3 is 0 Å². The van der Waals surface area contributed by atoms with E-state index in [-0.39, 0.29) is 5.91 Å². The largest absolute Gasteiger partial charge is 0.368 e. The predicted molar refractivity (Wildman–Crippen MR) is 152 cm³/mol. The standard InChI is InChI=1S/C29H30ClN5OS/c30-25-12-7-13-26(21-25)33-16-18-34(19-17-33)28(36)14-15-35(22-24-10-5-2-6-11-24)29-31-27(32-37-29)20-23-8-3-1-4-9-23/h1-13,21H,14-20,22H2. The lowest BCUT2D eigenvalue weighted by Gasteiger charge is -2.36. The molecule has 0 N–H and O–H groups in total. The van der Waals surface area contributed by atoms with E-state index in [2.05, 4.69) is 44.5 Å². The van der Waals surface area contributed by atoms with Crippen LogP contribution >= 0.6 is 23.1 Å². The minimum atomic E-state index is 0.179. The molecule has 1 fully saturated rings. The lowest BCUT2D eigenvalue weighted by atomic mass is 10.1. The summed E-state index contributed by atoms with van der Waals surface area (Å²) < 4.78 is 4.61. The molecule has 1 aromatic heterocycles. The summed E-state index contributed by atoms with van der Waals surface area (Å²) >= 11 is 7.56. The number of aromatic nitrogens is 2. The average molecular weight is 532 g/mol. The summed E-state index contributed by atoms with van der Waals surface area (Å²) in [4.78, 5) is 24.4. The average Bonchev–Trinajstić information content (AvgIpc) is 3.40. The molecule has 190 valence electrons. The molecule has 3 aromatic carbocycles. The van der Waals surface area contributed by atoms with Gasteiger partial charge in [-0.15, -0.1) is 0 Å². The molecule has 0 bridgehead atoms. The quantitative estimate of drug-likeness (QED) is 0.284. The van der Waals surface area contributed by atoms with Crippen molar-refractivity contribution in [3.63, 3.8) is 0 Å². The number of anilines is 2. The van der Waals surface area contributed by atoms with Crippen molar-refractivity contribution in [2.75, 3.05) is 42.5 Å². The summed E-state index contributed by atoms with van der Waals surface area (Å²) in [6.45, 7) is 4.32. The van der Waals surface area contributed by atoms with Crippen LogP contribution in [0.15, 0.2) is 84.9 Å². The van der Waals surface area contributed by atoms with Crippen molar-refractivity contribution in [2.24, 2.45) is 0 Å². The van der Waals surface area contributed by atoms with E-state index in [9.17, 15) is 4.79 Å². The Morgan fingerprint density at radius 3 is 2.30 bits per heavy atom. The number of hydrogen-bond donors (Lipinski definition) is 0. The SMILES string of the molecule is O=C(CCN(Cc1ccccc1)c1nc(Cc2ccccc2)ns1)N1CCN(c2cccc(Cl)c2)CC1. The fraction of sp³-hybridized carbons (Fsp3) is 0.276. The molecule has 4 aromatic rings. The van der Waals surface area contributed by atoms with Crippen LogP contribution in [0.2, 0.25) is 5.02 Å². The second kappa shape index (κ2) is 12.2. The summed E-state index contributed by atoms with van der Waals surface area (Å²) in [6, 6.07) is 28.5. The van der Waals surface area contributed by atoms with Gasteiger partial charge in [0, 0.05) is 74.4 Å². The molecule has 0 unspecified atom stereocenters. The Kier molecular flexibility index (Phi) is 8.33. The van der Waals surface area contributed by atoms with Gasteiger partial charge in [-0.1, -0.05) is 78.3 Å². The molecule has 1 aliphatic rings. The number of nitrogens with zero attached hydrogens (tertiary/aromatic N) is 5. The van der Waals surface area contributed by atoms with Crippen molar-refractivity contribution in [1.82, 2.24) is 14.3 Å². The summed E-state index contributed by atoms with van der Waals surface area (Å²) in [5.74, 6) is 0.991. The molecular formula is C29H30ClN5OS. The van der Waals surface area contributed by atoms with Gasteiger partial charge in [-0.25, -0.2) is 4.98 Å². The number of halogens is 1. The molecule has 1 saturated heterocycles. The van der Waals surface area contributed by atoms with Gasteiger partial charge in [-0.05, 0) is 29.3 Å². The van der Waals surface area contributed by atoms with E-state index in [4.69, 9.17) is 16.6 Å². The van der Waals surface area contributed by atoms with Crippen molar-refractivity contribution in [1.29, 1.82) is 0 Å². The number of piperazine rings is 1. The Balaban J connectivity index is 1.21. The molecule has 0 radical (unpaired) electrons. The Labute approximate surface area is 227 Å². The Morgan fingerprint density at radius 1 is 0.892 bits per heavy atom. The molecule has 0 spiro atoms. The van der Waals surface area contributed by atoms with Gasteiger partial charge in [0.1, 0.15) is 5.82 Å². The highest BCUT2D eigenvalue weighted by Gasteiger charge is 2.23. The number of rotatable bonds is 9. The van der Waals surface area contributed by atoms with Crippen LogP contribution in [-0.2, 0) is 17.8 Å². The van der Waals surface area contributed by atoms with Crippen LogP contribution in [-0.4, -0.2) is 52.9 Å². The highest BCUT2D eigenvalue weighted by molar-refractivity contribution is 7.09. The Morgan fingerprint density at radius 2 is 1.59 bits per heavy atom. The van der Waals surface area contributed by atoms with E-state index >= 15 is 0 Å². The lowest BCUT2D eigenvalue weighted by molar-refractivity contribution is -0.131. The third kappa shape index (κ3) is 6.87. The molecule has 37 heavy (non-hydrogen) atoms. The molecule has 1 amide bonds. The minimum absolute atomic E-state index is 0.179. The number of hydrogen-bond acceptors (Lipinski definition) is 6. The molecule has 1 aliphatic heterocycles. The van der Waals surface area contributed by atoms with Gasteiger partial charge < -0.3 is 14.7 Å². The fourth-order valence-electron chi connectivity index (χ4n) is 4.55. The van der Waals surface area contributed by atoms with Gasteiger partial charge in [-0.3, -0.25) is 4.79 Å². The predicted octanol–water partition coefficient (Wildman–Crippen LogP) is 5.53. The van der Waals surface area contributed by atoms with E-state index in [0.29, 0.717) is 39.0 Å². The van der Waals surface area contributed by atoms with Gasteiger partial charge in [0.25, 0.3) is 0 Å². The van der Waals surface area contributed by atoms with E-state index in [0.717, 1.165) is 34.8 Å². The third-order valence-corrected chi connectivity index (χ3v) is 7.60. The van der Waals surface area contributed by atoms with Crippen LogP contribution in [0.4, 0.5) is 10.8 Å². The first-order valence-corrected chi connectivity index (χ1v) is 13.7. The van der Waals surface area contributed by atoms with E-state index in [1.165, 1.54) is 22.7 Å². The molecule has 0 aliphatic carbocycles. The first-order chi connectivity index (χ1) is 18.1. The molecule has 0 saturated carbocycles. The smallest absolute Gasteiger partial charge is 0.224 e. The fourth-order valence-corrected chi connectivity index (χ4v) is 5.44. The first kappa shape index (κ1) is 25.2. The van der Waals surface area contributed by atoms with Crippen LogP contribution < -0.4 is 9.80 Å². The van der Waals surface area contributed by atoms with Gasteiger partial charge in [0.2, 0.25) is 11.0 Å². The van der Waals surface area contributed by atoms with Crippen molar-refractivity contribution < 1.29 is 4.79 Å². The molecule has 2 heterocycles. The molecule has 8 heteroatoms. The third-order valence-electron chi connectivity index (χ3n) is 6.55. The Bertz CT molecular complexity index is 1290. The summed E-state index contributed by atoms with van der Waals surface area (Å²) in [5, 5.41) is 1.59. The normalized spacial score (nSPS) is 13.5. The van der Waals surface area contributed by atoms with Crippen molar-refractivity contribution >= 4 is 39.9 Å². The molecular weight excluding hydrogens is 502 g/mol. The second-order valence-electron chi connectivity index (χ2n) is 9.16. The van der Waals surface area contributed by atoms with Crippen LogP contribution in [0.1, 0.15) is 23.4 Å². The number of benzene rings is 3. The lowest BCUT2D eigenvalue weighted by Crippen LogP contribution is -2.49. The van der Waals surface area contributed by atoms with Crippen molar-refractivity contribution in [2.45, 2.75) is 19.4 Å². The van der Waals surface area contributed by atoms with Crippen LogP contribution in [0.3, 0.4) is 0 Å². The Hall–Kier alpha value is -3.42. The highest BCUT2D eigenvalue weighted by Crippen LogP contribution is 2.23. The first-order valence-electron chi connectivity index (χ1n) is 12.6. The zero-order chi connectivity index (χ0) is 25.5. The molecule has 6 nitrogen and oxygen atoms in total. The number of carbonyl (C=O) groups is 1. The van der Waals surface area contributed by atoms with Crippen molar-refractivity contribution in [3.05, 3.63) is 107 Å². The van der Waals surface area contributed by atoms with Gasteiger partial charge in [-0.2, -0.15) is 4.37 Å². The second-order valence-corrected chi connectivity index (χ2v) is 10.3. The van der Waals surface area contributed by atoms with Gasteiger partial charge in [0.05, 0.1) is 0 Å². The van der Waals surface area contributed by atoms with E-state index in [1.54, 1.807) is 0 Å². The van der Waals surface area contributed by atoms with Crippen LogP contribution in [0.25, 0.3) is 0 Å².